The number of hydrogen-bond donors (Lipinski definition) is 1. The lowest BCUT2D eigenvalue weighted by Gasteiger charge is -2.36. The van der Waals surface area contributed by atoms with Crippen molar-refractivity contribution in [2.75, 3.05) is 25.6 Å². The standard InChI is InChI=1S/C22H26N2O3S/c1-27-14-20(25)24-12-10-19-18(11-13-28-19)21(24)15-6-8-17(9-7-15)23-22(26)16-4-2-3-5-16/h6-9,11,13,16,21H,2-5,10,12,14H2,1H3,(H,23,26)/t21-/m0/s1. The summed E-state index contributed by atoms with van der Waals surface area (Å²) in [5.74, 6) is 0.274. The molecule has 148 valence electrons. The van der Waals surface area contributed by atoms with Crippen molar-refractivity contribution in [3.05, 3.63) is 51.7 Å². The van der Waals surface area contributed by atoms with E-state index < -0.39 is 0 Å². The van der Waals surface area contributed by atoms with E-state index in [1.807, 2.05) is 29.2 Å². The third-order valence-electron chi connectivity index (χ3n) is 5.77. The van der Waals surface area contributed by atoms with Gasteiger partial charge in [0.1, 0.15) is 6.61 Å². The maximum absolute atomic E-state index is 12.6. The number of carbonyl (C=O) groups is 2. The van der Waals surface area contributed by atoms with Gasteiger partial charge >= 0.3 is 0 Å². The van der Waals surface area contributed by atoms with Gasteiger partial charge in [-0.25, -0.2) is 0 Å². The van der Waals surface area contributed by atoms with Crippen molar-refractivity contribution in [1.29, 1.82) is 0 Å². The Hall–Kier alpha value is -2.18. The van der Waals surface area contributed by atoms with E-state index in [1.165, 1.54) is 10.4 Å². The first-order valence-corrected chi connectivity index (χ1v) is 10.8. The number of hydrogen-bond acceptors (Lipinski definition) is 4. The van der Waals surface area contributed by atoms with Crippen molar-refractivity contribution >= 4 is 28.8 Å². The van der Waals surface area contributed by atoms with Crippen LogP contribution in [0.2, 0.25) is 0 Å². The number of benzene rings is 1. The molecule has 1 fully saturated rings. The van der Waals surface area contributed by atoms with Gasteiger partial charge < -0.3 is 15.0 Å². The maximum Gasteiger partial charge on any atom is 0.249 e. The number of carbonyl (C=O) groups excluding carboxylic acids is 2. The average molecular weight is 399 g/mol. The Kier molecular flexibility index (Phi) is 5.78. The highest BCUT2D eigenvalue weighted by Gasteiger charge is 2.32. The van der Waals surface area contributed by atoms with Crippen LogP contribution in [0.3, 0.4) is 0 Å². The highest BCUT2D eigenvalue weighted by atomic mass is 32.1. The van der Waals surface area contributed by atoms with Crippen LogP contribution in [0.1, 0.15) is 47.7 Å². The second kappa shape index (κ2) is 8.45. The van der Waals surface area contributed by atoms with Crippen molar-refractivity contribution in [3.63, 3.8) is 0 Å². The fraction of sp³-hybridized carbons (Fsp3) is 0.455. The van der Waals surface area contributed by atoms with Crippen molar-refractivity contribution in [1.82, 2.24) is 4.90 Å². The molecule has 2 aliphatic rings. The molecule has 6 heteroatoms. The number of methoxy groups -OCH3 is 1. The van der Waals surface area contributed by atoms with Crippen LogP contribution in [-0.2, 0) is 20.7 Å². The number of thiophene rings is 1. The zero-order chi connectivity index (χ0) is 19.5. The molecule has 2 heterocycles. The number of amides is 2. The molecule has 5 nitrogen and oxygen atoms in total. The molecule has 1 aliphatic heterocycles. The monoisotopic (exact) mass is 398 g/mol. The normalized spacial score (nSPS) is 19.5. The molecule has 1 N–H and O–H groups in total. The van der Waals surface area contributed by atoms with Gasteiger partial charge in [0.15, 0.2) is 0 Å². The quantitative estimate of drug-likeness (QED) is 0.828. The van der Waals surface area contributed by atoms with Crippen LogP contribution in [0, 0.1) is 5.92 Å². The fourth-order valence-corrected chi connectivity index (χ4v) is 5.24. The zero-order valence-corrected chi connectivity index (χ0v) is 17.0. The van der Waals surface area contributed by atoms with Gasteiger partial charge in [-0.05, 0) is 54.0 Å². The Morgan fingerprint density at radius 2 is 1.93 bits per heavy atom. The molecule has 0 bridgehead atoms. The van der Waals surface area contributed by atoms with Crippen LogP contribution in [0.5, 0.6) is 0 Å². The minimum absolute atomic E-state index is 0.00274. The van der Waals surface area contributed by atoms with Gasteiger partial charge in [0.25, 0.3) is 0 Å². The summed E-state index contributed by atoms with van der Waals surface area (Å²) in [5.41, 5.74) is 3.07. The molecule has 1 aliphatic carbocycles. The van der Waals surface area contributed by atoms with Gasteiger partial charge in [-0.1, -0.05) is 25.0 Å². The summed E-state index contributed by atoms with van der Waals surface area (Å²) in [7, 11) is 1.55. The van der Waals surface area contributed by atoms with E-state index >= 15 is 0 Å². The maximum atomic E-state index is 12.6. The van der Waals surface area contributed by atoms with E-state index in [1.54, 1.807) is 18.4 Å². The molecular weight excluding hydrogens is 372 g/mol. The van der Waals surface area contributed by atoms with Crippen LogP contribution in [0.4, 0.5) is 5.69 Å². The number of anilines is 1. The predicted molar refractivity (Wildman–Crippen MR) is 110 cm³/mol. The van der Waals surface area contributed by atoms with E-state index in [9.17, 15) is 9.59 Å². The Balaban J connectivity index is 1.55. The topological polar surface area (TPSA) is 58.6 Å². The Morgan fingerprint density at radius 3 is 2.64 bits per heavy atom. The molecule has 1 saturated carbocycles. The van der Waals surface area contributed by atoms with Gasteiger partial charge in [-0.2, -0.15) is 0 Å². The lowest BCUT2D eigenvalue weighted by molar-refractivity contribution is -0.137. The van der Waals surface area contributed by atoms with E-state index in [0.29, 0.717) is 6.54 Å². The largest absolute Gasteiger partial charge is 0.375 e. The van der Waals surface area contributed by atoms with Crippen LogP contribution >= 0.6 is 11.3 Å². The van der Waals surface area contributed by atoms with Crippen molar-refractivity contribution in [2.24, 2.45) is 5.92 Å². The summed E-state index contributed by atoms with van der Waals surface area (Å²) in [6, 6.07) is 9.96. The summed E-state index contributed by atoms with van der Waals surface area (Å²) < 4.78 is 5.09. The van der Waals surface area contributed by atoms with Gasteiger partial charge in [0.2, 0.25) is 11.8 Å². The molecule has 1 atom stereocenters. The third kappa shape index (κ3) is 3.84. The molecule has 0 saturated heterocycles. The van der Waals surface area contributed by atoms with Gasteiger partial charge in [-0.3, -0.25) is 9.59 Å². The first-order valence-electron chi connectivity index (χ1n) is 9.93. The summed E-state index contributed by atoms with van der Waals surface area (Å²) in [6.45, 7) is 0.784. The number of ether oxygens (including phenoxy) is 1. The Bertz CT molecular complexity index is 840. The van der Waals surface area contributed by atoms with Gasteiger partial charge in [-0.15, -0.1) is 11.3 Å². The second-order valence-corrected chi connectivity index (χ2v) is 8.57. The highest BCUT2D eigenvalue weighted by molar-refractivity contribution is 7.10. The smallest absolute Gasteiger partial charge is 0.249 e. The van der Waals surface area contributed by atoms with Gasteiger partial charge in [0.05, 0.1) is 6.04 Å². The van der Waals surface area contributed by atoms with Crippen LogP contribution in [0.15, 0.2) is 35.7 Å². The highest BCUT2D eigenvalue weighted by Crippen LogP contribution is 2.38. The van der Waals surface area contributed by atoms with Crippen LogP contribution in [0.25, 0.3) is 0 Å². The van der Waals surface area contributed by atoms with Crippen molar-refractivity contribution < 1.29 is 14.3 Å². The molecule has 0 unspecified atom stereocenters. The summed E-state index contributed by atoms with van der Waals surface area (Å²) in [4.78, 5) is 28.2. The minimum atomic E-state index is -0.0998. The fourth-order valence-electron chi connectivity index (χ4n) is 4.33. The number of nitrogens with zero attached hydrogens (tertiary/aromatic N) is 1. The predicted octanol–water partition coefficient (Wildman–Crippen LogP) is 4.00. The summed E-state index contributed by atoms with van der Waals surface area (Å²) in [5, 5.41) is 5.14. The Labute approximate surface area is 169 Å². The number of rotatable bonds is 5. The molecule has 0 radical (unpaired) electrons. The molecule has 2 aromatic rings. The summed E-state index contributed by atoms with van der Waals surface area (Å²) in [6.07, 6.45) is 5.15. The first-order chi connectivity index (χ1) is 13.7. The van der Waals surface area contributed by atoms with E-state index in [4.69, 9.17) is 4.74 Å². The first kappa shape index (κ1) is 19.2. The van der Waals surface area contributed by atoms with Crippen LogP contribution < -0.4 is 5.32 Å². The Morgan fingerprint density at radius 1 is 1.18 bits per heavy atom. The average Bonchev–Trinajstić information content (AvgIpc) is 3.40. The molecule has 4 rings (SSSR count). The van der Waals surface area contributed by atoms with E-state index in [0.717, 1.165) is 43.4 Å². The summed E-state index contributed by atoms with van der Waals surface area (Å²) >= 11 is 1.75. The molecular formula is C22H26N2O3S. The molecule has 28 heavy (non-hydrogen) atoms. The lowest BCUT2D eigenvalue weighted by Crippen LogP contribution is -2.41. The van der Waals surface area contributed by atoms with E-state index in [2.05, 4.69) is 16.8 Å². The van der Waals surface area contributed by atoms with E-state index in [-0.39, 0.29) is 30.4 Å². The SMILES string of the molecule is COCC(=O)N1CCc2sccc2[C@@H]1c1ccc(NC(=O)C2CCCC2)cc1. The molecule has 2 amide bonds. The van der Waals surface area contributed by atoms with Crippen LogP contribution in [-0.4, -0.2) is 37.0 Å². The lowest BCUT2D eigenvalue weighted by atomic mass is 9.93. The second-order valence-electron chi connectivity index (χ2n) is 7.56. The third-order valence-corrected chi connectivity index (χ3v) is 6.77. The zero-order valence-electron chi connectivity index (χ0n) is 16.1. The van der Waals surface area contributed by atoms with Gasteiger partial charge in [0, 0.05) is 30.1 Å². The molecule has 1 aromatic heterocycles. The molecule has 1 aromatic carbocycles. The minimum Gasteiger partial charge on any atom is -0.375 e. The molecule has 0 spiro atoms. The van der Waals surface area contributed by atoms with Crippen molar-refractivity contribution in [3.8, 4) is 0 Å². The van der Waals surface area contributed by atoms with Crippen molar-refractivity contribution in [2.45, 2.75) is 38.1 Å². The number of fused-ring (bicyclic) bond motifs is 1. The number of nitrogens with one attached hydrogen (secondary N) is 1.